The Balaban J connectivity index is 1.82. The van der Waals surface area contributed by atoms with Gasteiger partial charge in [-0.05, 0) is 56.0 Å². The molecule has 1 aromatic carbocycles. The summed E-state index contributed by atoms with van der Waals surface area (Å²) in [6.45, 7) is 2.58. The molecule has 0 saturated carbocycles. The van der Waals surface area contributed by atoms with Crippen LogP contribution in [0.4, 0.5) is 0 Å². The summed E-state index contributed by atoms with van der Waals surface area (Å²) in [5.74, 6) is 0. The van der Waals surface area contributed by atoms with Crippen LogP contribution in [0.1, 0.15) is 24.0 Å². The maximum absolute atomic E-state index is 6.22. The van der Waals surface area contributed by atoms with Gasteiger partial charge in [0.2, 0.25) is 0 Å². The minimum Gasteiger partial charge on any atom is -0.300 e. The van der Waals surface area contributed by atoms with Crippen molar-refractivity contribution in [3.63, 3.8) is 0 Å². The van der Waals surface area contributed by atoms with E-state index in [4.69, 9.17) is 11.6 Å². The maximum atomic E-state index is 6.22. The van der Waals surface area contributed by atoms with Crippen molar-refractivity contribution in [1.82, 2.24) is 4.90 Å². The third-order valence-electron chi connectivity index (χ3n) is 3.77. The third kappa shape index (κ3) is 1.68. The first-order valence-electron chi connectivity index (χ1n) is 5.85. The molecule has 0 aromatic heterocycles. The van der Waals surface area contributed by atoms with Gasteiger partial charge < -0.3 is 0 Å². The molecule has 0 radical (unpaired) electrons. The van der Waals surface area contributed by atoms with E-state index in [0.29, 0.717) is 0 Å². The molecular weight excluding hydrogens is 206 g/mol. The predicted molar refractivity (Wildman–Crippen MR) is 63.5 cm³/mol. The Hall–Kier alpha value is -0.530. The van der Waals surface area contributed by atoms with Crippen LogP contribution in [0.25, 0.3) is 0 Å². The Labute approximate surface area is 96.0 Å². The van der Waals surface area contributed by atoms with Crippen molar-refractivity contribution < 1.29 is 0 Å². The van der Waals surface area contributed by atoms with Gasteiger partial charge in [-0.1, -0.05) is 23.7 Å². The fourth-order valence-corrected chi connectivity index (χ4v) is 3.22. The number of hydrogen-bond acceptors (Lipinski definition) is 1. The van der Waals surface area contributed by atoms with Crippen molar-refractivity contribution in [3.8, 4) is 0 Å². The van der Waals surface area contributed by atoms with Crippen LogP contribution in [0, 0.1) is 0 Å². The number of benzene rings is 1. The second-order valence-corrected chi connectivity index (χ2v) is 5.09. The van der Waals surface area contributed by atoms with Gasteiger partial charge in [-0.15, -0.1) is 0 Å². The van der Waals surface area contributed by atoms with Crippen LogP contribution in [0.3, 0.4) is 0 Å². The molecule has 1 nitrogen and oxygen atoms in total. The van der Waals surface area contributed by atoms with Gasteiger partial charge in [-0.3, -0.25) is 4.90 Å². The van der Waals surface area contributed by atoms with Crippen LogP contribution >= 0.6 is 11.6 Å². The van der Waals surface area contributed by atoms with E-state index in [1.165, 1.54) is 43.5 Å². The molecule has 0 N–H and O–H groups in total. The minimum atomic E-state index is 0.724. The number of likely N-dealkylation sites (tertiary alicyclic amines) is 1. The lowest BCUT2D eigenvalue weighted by Gasteiger charge is -2.22. The monoisotopic (exact) mass is 221 g/mol. The highest BCUT2D eigenvalue weighted by Gasteiger charge is 2.29. The van der Waals surface area contributed by atoms with Gasteiger partial charge in [0, 0.05) is 11.1 Å². The van der Waals surface area contributed by atoms with Gasteiger partial charge in [0.1, 0.15) is 0 Å². The Kier molecular flexibility index (Phi) is 2.45. The summed E-state index contributed by atoms with van der Waals surface area (Å²) in [6.07, 6.45) is 5.12. The molecule has 0 bridgehead atoms. The lowest BCUT2D eigenvalue weighted by atomic mass is 10.1. The number of fused-ring (bicyclic) bond motifs is 1. The molecule has 1 unspecified atom stereocenters. The summed E-state index contributed by atoms with van der Waals surface area (Å²) < 4.78 is 0. The van der Waals surface area contributed by atoms with Crippen molar-refractivity contribution in [2.24, 2.45) is 0 Å². The van der Waals surface area contributed by atoms with Crippen LogP contribution in [-0.4, -0.2) is 24.0 Å². The molecule has 1 fully saturated rings. The highest BCUT2D eigenvalue weighted by atomic mass is 35.5. The van der Waals surface area contributed by atoms with Crippen molar-refractivity contribution in [2.75, 3.05) is 13.1 Å². The van der Waals surface area contributed by atoms with E-state index in [1.54, 1.807) is 0 Å². The molecule has 2 heteroatoms. The normalized spacial score (nSPS) is 25.8. The topological polar surface area (TPSA) is 3.24 Å². The molecule has 0 spiro atoms. The fourth-order valence-electron chi connectivity index (χ4n) is 2.95. The first-order chi connectivity index (χ1) is 7.34. The molecule has 1 aromatic rings. The van der Waals surface area contributed by atoms with Crippen molar-refractivity contribution >= 4 is 11.6 Å². The highest BCUT2D eigenvalue weighted by Crippen LogP contribution is 2.32. The molecule has 1 atom stereocenters. The van der Waals surface area contributed by atoms with Gasteiger partial charge in [0.05, 0.1) is 0 Å². The SMILES string of the molecule is Clc1cccc2c1CC(N1CCCC1)C2. The van der Waals surface area contributed by atoms with Crippen molar-refractivity contribution in [3.05, 3.63) is 34.3 Å². The standard InChI is InChI=1S/C13H16ClN/c14-13-5-3-4-10-8-11(9-12(10)13)15-6-1-2-7-15/h3-5,11H,1-2,6-9H2. The van der Waals surface area contributed by atoms with Crippen LogP contribution in [-0.2, 0) is 12.8 Å². The Bertz CT molecular complexity index is 369. The minimum absolute atomic E-state index is 0.724. The van der Waals surface area contributed by atoms with E-state index in [9.17, 15) is 0 Å². The van der Waals surface area contributed by atoms with E-state index >= 15 is 0 Å². The Morgan fingerprint density at radius 2 is 1.93 bits per heavy atom. The smallest absolute Gasteiger partial charge is 0.0441 e. The zero-order valence-electron chi connectivity index (χ0n) is 8.88. The average Bonchev–Trinajstić information content (AvgIpc) is 2.86. The molecule has 2 aliphatic rings. The van der Waals surface area contributed by atoms with Crippen LogP contribution in [0.5, 0.6) is 0 Å². The largest absolute Gasteiger partial charge is 0.300 e. The molecule has 1 aliphatic carbocycles. The lowest BCUT2D eigenvalue weighted by molar-refractivity contribution is 0.250. The molecule has 15 heavy (non-hydrogen) atoms. The third-order valence-corrected chi connectivity index (χ3v) is 4.12. The van der Waals surface area contributed by atoms with E-state index in [-0.39, 0.29) is 0 Å². The van der Waals surface area contributed by atoms with Gasteiger partial charge >= 0.3 is 0 Å². The lowest BCUT2D eigenvalue weighted by Crippen LogP contribution is -2.33. The van der Waals surface area contributed by atoms with E-state index in [1.807, 2.05) is 6.07 Å². The molecule has 1 aliphatic heterocycles. The first-order valence-corrected chi connectivity index (χ1v) is 6.23. The number of hydrogen-bond donors (Lipinski definition) is 0. The summed E-state index contributed by atoms with van der Waals surface area (Å²) in [5, 5.41) is 0.967. The van der Waals surface area contributed by atoms with Gasteiger partial charge in [0.15, 0.2) is 0 Å². The molecule has 0 amide bonds. The summed E-state index contributed by atoms with van der Waals surface area (Å²) in [6, 6.07) is 7.06. The number of halogens is 1. The summed E-state index contributed by atoms with van der Waals surface area (Å²) >= 11 is 6.22. The zero-order valence-corrected chi connectivity index (χ0v) is 9.63. The van der Waals surface area contributed by atoms with Gasteiger partial charge in [-0.2, -0.15) is 0 Å². The van der Waals surface area contributed by atoms with E-state index in [2.05, 4.69) is 17.0 Å². The maximum Gasteiger partial charge on any atom is 0.0441 e. The van der Waals surface area contributed by atoms with Gasteiger partial charge in [-0.25, -0.2) is 0 Å². The molecule has 1 heterocycles. The number of nitrogens with zero attached hydrogens (tertiary/aromatic N) is 1. The molecular formula is C13H16ClN. The predicted octanol–water partition coefficient (Wildman–Crippen LogP) is 2.90. The summed E-state index contributed by atoms with van der Waals surface area (Å²) in [7, 11) is 0. The molecule has 1 saturated heterocycles. The first kappa shape index (κ1) is 9.68. The van der Waals surface area contributed by atoms with Crippen LogP contribution in [0.15, 0.2) is 18.2 Å². The van der Waals surface area contributed by atoms with Crippen molar-refractivity contribution in [1.29, 1.82) is 0 Å². The molecule has 3 rings (SSSR count). The van der Waals surface area contributed by atoms with Crippen molar-refractivity contribution in [2.45, 2.75) is 31.7 Å². The van der Waals surface area contributed by atoms with E-state index < -0.39 is 0 Å². The quantitative estimate of drug-likeness (QED) is 0.705. The van der Waals surface area contributed by atoms with Crippen LogP contribution < -0.4 is 0 Å². The average molecular weight is 222 g/mol. The molecule has 80 valence electrons. The van der Waals surface area contributed by atoms with E-state index in [0.717, 1.165) is 17.5 Å². The number of rotatable bonds is 1. The summed E-state index contributed by atoms with van der Waals surface area (Å²) in [4.78, 5) is 2.64. The summed E-state index contributed by atoms with van der Waals surface area (Å²) in [5.41, 5.74) is 2.87. The highest BCUT2D eigenvalue weighted by molar-refractivity contribution is 6.31. The van der Waals surface area contributed by atoms with Gasteiger partial charge in [0.25, 0.3) is 0 Å². The Morgan fingerprint density at radius 1 is 1.13 bits per heavy atom. The zero-order chi connectivity index (χ0) is 10.3. The fraction of sp³-hybridized carbons (Fsp3) is 0.538. The van der Waals surface area contributed by atoms with Crippen LogP contribution in [0.2, 0.25) is 5.02 Å². The Morgan fingerprint density at radius 3 is 2.67 bits per heavy atom. The second kappa shape index (κ2) is 3.80. The second-order valence-electron chi connectivity index (χ2n) is 4.68.